The third-order valence-electron chi connectivity index (χ3n) is 4.73. The lowest BCUT2D eigenvalue weighted by Crippen LogP contribution is -2.07. The van der Waals surface area contributed by atoms with Gasteiger partial charge in [-0.1, -0.05) is 54.6 Å². The number of hydrazine groups is 2. The van der Waals surface area contributed by atoms with Gasteiger partial charge in [-0.15, -0.1) is 10.9 Å². The van der Waals surface area contributed by atoms with E-state index in [1.165, 1.54) is 0 Å². The summed E-state index contributed by atoms with van der Waals surface area (Å²) in [4.78, 5) is 26.1. The van der Waals surface area contributed by atoms with Crippen LogP contribution in [0.1, 0.15) is 0 Å². The molecule has 0 aliphatic carbocycles. The van der Waals surface area contributed by atoms with Gasteiger partial charge in [0.2, 0.25) is 0 Å². The SMILES string of the molecule is O=[N+]([O-])Nc1ccc(-c2cc(-c3ccccc3)cc(-c3ccc(N[N+](=O)[O-])cc3)n2)cc1. The fourth-order valence-corrected chi connectivity index (χ4v) is 3.27. The summed E-state index contributed by atoms with van der Waals surface area (Å²) in [6.07, 6.45) is 0. The number of aromatic nitrogens is 1. The van der Waals surface area contributed by atoms with Crippen LogP contribution in [0.4, 0.5) is 11.4 Å². The van der Waals surface area contributed by atoms with E-state index in [2.05, 4.69) is 10.9 Å². The lowest BCUT2D eigenvalue weighted by Gasteiger charge is -2.11. The average molecular weight is 427 g/mol. The number of nitrogens with zero attached hydrogens (tertiary/aromatic N) is 3. The van der Waals surface area contributed by atoms with Crippen LogP contribution in [0.15, 0.2) is 91.0 Å². The number of nitrogens with one attached hydrogen (secondary N) is 2. The Hall–Kier alpha value is -4.79. The number of anilines is 2. The Morgan fingerprint density at radius 2 is 1.00 bits per heavy atom. The van der Waals surface area contributed by atoms with Crippen molar-refractivity contribution in [2.45, 2.75) is 0 Å². The van der Waals surface area contributed by atoms with Gasteiger partial charge in [0.1, 0.15) is 11.4 Å². The fourth-order valence-electron chi connectivity index (χ4n) is 3.27. The van der Waals surface area contributed by atoms with Crippen LogP contribution in [0.3, 0.4) is 0 Å². The van der Waals surface area contributed by atoms with E-state index in [0.717, 1.165) is 22.3 Å². The first-order valence-electron chi connectivity index (χ1n) is 9.58. The van der Waals surface area contributed by atoms with Crippen molar-refractivity contribution in [3.8, 4) is 33.6 Å². The molecule has 1 aromatic heterocycles. The molecule has 9 nitrogen and oxygen atoms in total. The van der Waals surface area contributed by atoms with E-state index in [0.29, 0.717) is 22.8 Å². The first-order chi connectivity index (χ1) is 15.5. The molecule has 4 rings (SSSR count). The van der Waals surface area contributed by atoms with Crippen molar-refractivity contribution in [1.82, 2.24) is 4.98 Å². The topological polar surface area (TPSA) is 123 Å². The maximum atomic E-state index is 10.7. The Kier molecular flexibility index (Phi) is 5.71. The van der Waals surface area contributed by atoms with Crippen molar-refractivity contribution >= 4 is 11.4 Å². The van der Waals surface area contributed by atoms with Crippen LogP contribution < -0.4 is 10.9 Å². The molecule has 1 heterocycles. The summed E-state index contributed by atoms with van der Waals surface area (Å²) in [6.45, 7) is 0. The minimum Gasteiger partial charge on any atom is -0.248 e. The first-order valence-corrected chi connectivity index (χ1v) is 9.58. The maximum Gasteiger partial charge on any atom is 0.162 e. The molecule has 158 valence electrons. The molecule has 32 heavy (non-hydrogen) atoms. The monoisotopic (exact) mass is 427 g/mol. The van der Waals surface area contributed by atoms with Gasteiger partial charge in [0.25, 0.3) is 0 Å². The van der Waals surface area contributed by atoms with Crippen molar-refractivity contribution in [2.24, 2.45) is 0 Å². The minimum absolute atomic E-state index is 0.368. The third kappa shape index (κ3) is 4.85. The van der Waals surface area contributed by atoms with Gasteiger partial charge < -0.3 is 0 Å². The standard InChI is InChI=1S/C23H17N5O4/c29-27(30)25-20-10-6-17(7-11-20)22-14-19(16-4-2-1-3-5-16)15-23(24-22)18-8-12-21(13-9-18)26-28(31)32/h1-15,25-26H. The fraction of sp³-hybridized carbons (Fsp3) is 0. The smallest absolute Gasteiger partial charge is 0.162 e. The zero-order chi connectivity index (χ0) is 22.5. The summed E-state index contributed by atoms with van der Waals surface area (Å²) in [6, 6.07) is 27.3. The molecule has 0 amide bonds. The van der Waals surface area contributed by atoms with Gasteiger partial charge in [-0.2, -0.15) is 0 Å². The van der Waals surface area contributed by atoms with Gasteiger partial charge >= 0.3 is 0 Å². The lowest BCUT2D eigenvalue weighted by atomic mass is 10.00. The van der Waals surface area contributed by atoms with Crippen molar-refractivity contribution in [1.29, 1.82) is 0 Å². The molecule has 0 atom stereocenters. The molecule has 0 bridgehead atoms. The molecular formula is C23H17N5O4. The average Bonchev–Trinajstić information content (AvgIpc) is 2.79. The Morgan fingerprint density at radius 3 is 1.41 bits per heavy atom. The zero-order valence-electron chi connectivity index (χ0n) is 16.6. The molecule has 0 aliphatic rings. The summed E-state index contributed by atoms with van der Waals surface area (Å²) >= 11 is 0. The molecule has 3 aromatic carbocycles. The first kappa shape index (κ1) is 20.5. The predicted molar refractivity (Wildman–Crippen MR) is 122 cm³/mol. The van der Waals surface area contributed by atoms with E-state index < -0.39 is 10.1 Å². The van der Waals surface area contributed by atoms with Crippen LogP contribution in [0, 0.1) is 20.2 Å². The van der Waals surface area contributed by atoms with Crippen molar-refractivity contribution in [3.05, 3.63) is 111 Å². The van der Waals surface area contributed by atoms with Crippen LogP contribution in [0.2, 0.25) is 0 Å². The molecule has 0 saturated carbocycles. The number of hydrogen-bond donors (Lipinski definition) is 2. The Morgan fingerprint density at radius 1 is 0.562 bits per heavy atom. The molecule has 0 spiro atoms. The van der Waals surface area contributed by atoms with Gasteiger partial charge in [0, 0.05) is 11.1 Å². The van der Waals surface area contributed by atoms with Gasteiger partial charge in [-0.3, -0.25) is 0 Å². The second-order valence-corrected chi connectivity index (χ2v) is 6.88. The summed E-state index contributed by atoms with van der Waals surface area (Å²) in [5, 5.41) is 20.1. The van der Waals surface area contributed by atoms with Crippen molar-refractivity contribution < 1.29 is 10.1 Å². The molecular weight excluding hydrogens is 410 g/mol. The Bertz CT molecular complexity index is 1180. The van der Waals surface area contributed by atoms with Crippen LogP contribution in [0.25, 0.3) is 33.6 Å². The van der Waals surface area contributed by atoms with Crippen LogP contribution in [-0.4, -0.2) is 15.0 Å². The quantitative estimate of drug-likeness (QED) is 0.303. The van der Waals surface area contributed by atoms with Crippen molar-refractivity contribution in [2.75, 3.05) is 10.9 Å². The minimum atomic E-state index is -0.612. The highest BCUT2D eigenvalue weighted by molar-refractivity contribution is 5.77. The summed E-state index contributed by atoms with van der Waals surface area (Å²) < 4.78 is 0. The van der Waals surface area contributed by atoms with Crippen molar-refractivity contribution in [3.63, 3.8) is 0 Å². The van der Waals surface area contributed by atoms with Gasteiger partial charge in [-0.05, 0) is 47.5 Å². The summed E-state index contributed by atoms with van der Waals surface area (Å²) in [5.74, 6) is 0. The number of benzene rings is 3. The summed E-state index contributed by atoms with van der Waals surface area (Å²) in [7, 11) is 0. The van der Waals surface area contributed by atoms with Gasteiger partial charge in [0.15, 0.2) is 10.1 Å². The van der Waals surface area contributed by atoms with E-state index in [1.54, 1.807) is 48.5 Å². The summed E-state index contributed by atoms with van der Waals surface area (Å²) in [5.41, 5.74) is 9.93. The largest absolute Gasteiger partial charge is 0.248 e. The highest BCUT2D eigenvalue weighted by atomic mass is 16.7. The third-order valence-corrected chi connectivity index (χ3v) is 4.73. The van der Waals surface area contributed by atoms with Crippen LogP contribution in [-0.2, 0) is 0 Å². The normalized spacial score (nSPS) is 10.4. The maximum absolute atomic E-state index is 10.7. The van der Waals surface area contributed by atoms with Crippen LogP contribution >= 0.6 is 0 Å². The van der Waals surface area contributed by atoms with E-state index in [-0.39, 0.29) is 0 Å². The number of pyridine rings is 1. The van der Waals surface area contributed by atoms with E-state index >= 15 is 0 Å². The Labute approximate surface area is 182 Å². The van der Waals surface area contributed by atoms with Crippen LogP contribution in [0.5, 0.6) is 0 Å². The number of hydrogen-bond acceptors (Lipinski definition) is 5. The second kappa shape index (κ2) is 8.92. The highest BCUT2D eigenvalue weighted by Gasteiger charge is 2.10. The number of nitro groups is 2. The molecule has 0 unspecified atom stereocenters. The van der Waals surface area contributed by atoms with E-state index in [9.17, 15) is 20.2 Å². The second-order valence-electron chi connectivity index (χ2n) is 6.88. The molecule has 0 saturated heterocycles. The zero-order valence-corrected chi connectivity index (χ0v) is 16.6. The van der Waals surface area contributed by atoms with Gasteiger partial charge in [0.05, 0.1) is 11.4 Å². The molecule has 4 aromatic rings. The molecule has 2 N–H and O–H groups in total. The number of rotatable bonds is 7. The van der Waals surface area contributed by atoms with Gasteiger partial charge in [-0.25, -0.2) is 25.2 Å². The highest BCUT2D eigenvalue weighted by Crippen LogP contribution is 2.31. The Balaban J connectivity index is 1.76. The molecule has 0 fully saturated rings. The van der Waals surface area contributed by atoms with E-state index in [1.807, 2.05) is 42.5 Å². The van der Waals surface area contributed by atoms with E-state index in [4.69, 9.17) is 4.98 Å². The molecule has 0 aliphatic heterocycles. The lowest BCUT2D eigenvalue weighted by molar-refractivity contribution is -0.445. The molecule has 0 radical (unpaired) electrons. The predicted octanol–water partition coefficient (Wildman–Crippen LogP) is 5.29. The molecule has 9 heteroatoms.